The Bertz CT molecular complexity index is 1680. The molecular weight excluding hydrogens is 710 g/mol. The second-order valence-corrected chi connectivity index (χ2v) is 11.8. The lowest BCUT2D eigenvalue weighted by Gasteiger charge is -2.46. The number of nitrogens with zero attached hydrogens (tertiary/aromatic N) is 3. The van der Waals surface area contributed by atoms with Gasteiger partial charge in [0, 0.05) is 54.0 Å². The molecule has 0 aliphatic carbocycles. The van der Waals surface area contributed by atoms with E-state index in [2.05, 4.69) is 10.3 Å². The van der Waals surface area contributed by atoms with Crippen LogP contribution in [0.15, 0.2) is 36.5 Å². The molecule has 0 radical (unpaired) electrons. The summed E-state index contributed by atoms with van der Waals surface area (Å²) in [6.07, 6.45) is -11.8. The van der Waals surface area contributed by atoms with Crippen LogP contribution in [0.2, 0.25) is 0 Å². The maximum absolute atomic E-state index is 12.6. The van der Waals surface area contributed by atoms with Crippen LogP contribution in [0.4, 0.5) is 0 Å². The number of carbonyl (C=O) groups excluding carboxylic acids is 7. The summed E-state index contributed by atoms with van der Waals surface area (Å²) in [6, 6.07) is 8.85. The van der Waals surface area contributed by atoms with E-state index in [1.807, 2.05) is 0 Å². The van der Waals surface area contributed by atoms with Crippen LogP contribution < -0.4 is 0 Å². The minimum Gasteiger partial charge on any atom is -0.463 e. The zero-order valence-electron chi connectivity index (χ0n) is 29.8. The Morgan fingerprint density at radius 1 is 0.679 bits per heavy atom. The van der Waals surface area contributed by atoms with E-state index in [9.17, 15) is 33.6 Å². The van der Waals surface area contributed by atoms with E-state index in [0.29, 0.717) is 11.3 Å². The molecule has 0 spiro atoms. The Morgan fingerprint density at radius 2 is 1.23 bits per heavy atom. The molecular formula is C33H39N3O17. The van der Waals surface area contributed by atoms with E-state index in [-0.39, 0.29) is 0 Å². The molecule has 53 heavy (non-hydrogen) atoms. The summed E-state index contributed by atoms with van der Waals surface area (Å²) in [6.45, 7) is 5.85. The van der Waals surface area contributed by atoms with Crippen molar-refractivity contribution in [2.45, 2.75) is 103 Å². The van der Waals surface area contributed by atoms with Crippen molar-refractivity contribution in [2.75, 3.05) is 13.2 Å². The lowest BCUT2D eigenvalue weighted by molar-refractivity contribution is -0.386. The molecule has 2 aliphatic heterocycles. The first-order chi connectivity index (χ1) is 25.0. The molecule has 1 aromatic heterocycles. The van der Waals surface area contributed by atoms with E-state index in [0.717, 1.165) is 53.1 Å². The van der Waals surface area contributed by atoms with Gasteiger partial charge in [0.15, 0.2) is 30.6 Å². The van der Waals surface area contributed by atoms with Crippen molar-refractivity contribution in [3.63, 3.8) is 0 Å². The van der Waals surface area contributed by atoms with E-state index < -0.39 is 110 Å². The minimum absolute atomic E-state index is 0.359. The van der Waals surface area contributed by atoms with E-state index in [4.69, 9.17) is 47.4 Å². The molecule has 0 amide bonds. The molecule has 2 aromatic rings. The zero-order chi connectivity index (χ0) is 39.0. The third-order valence-electron chi connectivity index (χ3n) is 7.51. The van der Waals surface area contributed by atoms with Crippen LogP contribution in [-0.2, 0) is 80.9 Å². The monoisotopic (exact) mass is 749 g/mol. The van der Waals surface area contributed by atoms with Gasteiger partial charge in [0.2, 0.25) is 18.2 Å². The number of hydrogen-bond donors (Lipinski definition) is 0. The van der Waals surface area contributed by atoms with Gasteiger partial charge >= 0.3 is 41.8 Å². The van der Waals surface area contributed by atoms with Gasteiger partial charge in [0.05, 0.1) is 6.20 Å². The van der Waals surface area contributed by atoms with Crippen LogP contribution in [0, 0.1) is 0 Å². The Hall–Kier alpha value is -5.47. The van der Waals surface area contributed by atoms with Crippen molar-refractivity contribution in [2.24, 2.45) is 0 Å². The number of carbonyl (C=O) groups is 7. The van der Waals surface area contributed by atoms with Gasteiger partial charge in [-0.3, -0.25) is 33.6 Å². The quantitative estimate of drug-likeness (QED) is 0.202. The third-order valence-corrected chi connectivity index (χ3v) is 7.51. The Kier molecular flexibility index (Phi) is 13.2. The molecule has 20 heteroatoms. The van der Waals surface area contributed by atoms with Crippen LogP contribution >= 0.6 is 0 Å². The van der Waals surface area contributed by atoms with Crippen LogP contribution in [-0.4, -0.2) is 119 Å². The van der Waals surface area contributed by atoms with Crippen LogP contribution in [0.5, 0.6) is 0 Å². The largest absolute Gasteiger partial charge is 0.463 e. The summed E-state index contributed by atoms with van der Waals surface area (Å²) in [5.74, 6) is -8.67. The Morgan fingerprint density at radius 3 is 1.79 bits per heavy atom. The number of hydrogen-bond acceptors (Lipinski definition) is 19. The summed E-state index contributed by atoms with van der Waals surface area (Å²) in [5, 5.41) is 8.31. The van der Waals surface area contributed by atoms with E-state index in [1.165, 1.54) is 6.20 Å². The molecule has 1 aromatic carbocycles. The molecule has 20 nitrogen and oxygen atoms in total. The molecule has 2 fully saturated rings. The van der Waals surface area contributed by atoms with Crippen molar-refractivity contribution in [1.29, 1.82) is 0 Å². The summed E-state index contributed by atoms with van der Waals surface area (Å²) >= 11 is 0. The summed E-state index contributed by atoms with van der Waals surface area (Å²) in [5.41, 5.74) is 1.01. The summed E-state index contributed by atoms with van der Waals surface area (Å²) in [7, 11) is 0. The van der Waals surface area contributed by atoms with Gasteiger partial charge in [-0.15, -0.1) is 5.10 Å². The predicted octanol–water partition coefficient (Wildman–Crippen LogP) is 0.696. The molecule has 0 saturated carbocycles. The molecule has 2 saturated heterocycles. The summed E-state index contributed by atoms with van der Waals surface area (Å²) < 4.78 is 58.1. The number of ether oxygens (including phenoxy) is 10. The van der Waals surface area contributed by atoms with Crippen LogP contribution in [0.25, 0.3) is 11.3 Å². The van der Waals surface area contributed by atoms with Gasteiger partial charge in [-0.05, 0) is 0 Å². The SMILES string of the molecule is CC(=O)OC[C@H]1O[C@H](O[C@]2(COC(C)=O)O[C@H](n3cc(-c4ccccc4)nn3)[C@@H](OC(C)=O)[C@@H]2OC(C)=O)[C@H](OC(C)=O)[C@@H](OC(C)=O)[C@@H]1OC(C)=O. The lowest BCUT2D eigenvalue weighted by Crippen LogP contribution is -2.65. The average molecular weight is 750 g/mol. The van der Waals surface area contributed by atoms with Crippen molar-refractivity contribution in [3.8, 4) is 11.3 Å². The van der Waals surface area contributed by atoms with Crippen LogP contribution in [0.3, 0.4) is 0 Å². The molecule has 0 unspecified atom stereocenters. The first-order valence-electron chi connectivity index (χ1n) is 16.1. The maximum atomic E-state index is 12.6. The second kappa shape index (κ2) is 17.4. The molecule has 2 aliphatic rings. The van der Waals surface area contributed by atoms with E-state index >= 15 is 0 Å². The summed E-state index contributed by atoms with van der Waals surface area (Å²) in [4.78, 5) is 86.3. The molecule has 288 valence electrons. The Labute approximate surface area is 302 Å². The normalized spacial score (nSPS) is 27.8. The van der Waals surface area contributed by atoms with Crippen molar-refractivity contribution in [1.82, 2.24) is 15.0 Å². The topological polar surface area (TPSA) is 242 Å². The highest BCUT2D eigenvalue weighted by atomic mass is 16.8. The average Bonchev–Trinajstić information content (AvgIpc) is 3.65. The first-order valence-corrected chi connectivity index (χ1v) is 16.1. The number of benzene rings is 1. The second-order valence-electron chi connectivity index (χ2n) is 11.8. The van der Waals surface area contributed by atoms with Gasteiger partial charge in [-0.2, -0.15) is 0 Å². The minimum atomic E-state index is -2.49. The fraction of sp³-hybridized carbons (Fsp3) is 0.545. The van der Waals surface area contributed by atoms with Gasteiger partial charge < -0.3 is 47.4 Å². The number of aromatic nitrogens is 3. The van der Waals surface area contributed by atoms with Crippen molar-refractivity contribution >= 4 is 41.8 Å². The molecule has 3 heterocycles. The number of esters is 7. The van der Waals surface area contributed by atoms with Crippen LogP contribution in [0.1, 0.15) is 54.7 Å². The predicted molar refractivity (Wildman–Crippen MR) is 169 cm³/mol. The number of rotatable bonds is 13. The third kappa shape index (κ3) is 10.3. The van der Waals surface area contributed by atoms with Gasteiger partial charge in [0.1, 0.15) is 25.0 Å². The van der Waals surface area contributed by atoms with E-state index in [1.54, 1.807) is 30.3 Å². The maximum Gasteiger partial charge on any atom is 0.303 e. The highest BCUT2D eigenvalue weighted by molar-refractivity contribution is 5.69. The molecule has 4 rings (SSSR count). The van der Waals surface area contributed by atoms with Crippen molar-refractivity contribution < 1.29 is 80.9 Å². The zero-order valence-corrected chi connectivity index (χ0v) is 29.8. The van der Waals surface area contributed by atoms with Crippen molar-refractivity contribution in [3.05, 3.63) is 36.5 Å². The molecule has 0 N–H and O–H groups in total. The van der Waals surface area contributed by atoms with Gasteiger partial charge in [-0.1, -0.05) is 35.5 Å². The smallest absolute Gasteiger partial charge is 0.303 e. The highest BCUT2D eigenvalue weighted by Crippen LogP contribution is 2.45. The van der Waals surface area contributed by atoms with Gasteiger partial charge in [-0.25, -0.2) is 4.68 Å². The standard InChI is InChI=1S/C33H39N3O17/c1-16(37)44-14-25-26(46-18(3)39)27(47-19(4)40)28(48-20(5)41)32(51-25)53-33(15-45-17(2)38)30(50-22(7)43)29(49-21(6)42)31(52-33)36-13-24(34-35-36)23-11-9-8-10-12-23/h8-13,25-32H,14-15H2,1-7H3/t25-,26-,27+,28-,29+,30+,31+,32-,33+/m1/s1. The fourth-order valence-electron chi connectivity index (χ4n) is 5.66. The Balaban J connectivity index is 1.89. The first kappa shape index (κ1) is 40.3. The highest BCUT2D eigenvalue weighted by Gasteiger charge is 2.65. The molecule has 0 bridgehead atoms. The lowest BCUT2D eigenvalue weighted by atomic mass is 9.97. The molecule has 9 atom stereocenters. The fourth-order valence-corrected chi connectivity index (χ4v) is 5.66. The van der Waals surface area contributed by atoms with Gasteiger partial charge in [0.25, 0.3) is 0 Å².